The zero-order valence-corrected chi connectivity index (χ0v) is 11.7. The van der Waals surface area contributed by atoms with Crippen LogP contribution in [-0.2, 0) is 9.59 Å². The Morgan fingerprint density at radius 1 is 1.00 bits per heavy atom. The molecule has 0 N–H and O–H groups in total. The van der Waals surface area contributed by atoms with E-state index in [4.69, 9.17) is 0 Å². The SMILES string of the molecule is O=C([O-])C(C(=O)[O-])c1ccccc1.[Ba+2]. The van der Waals surface area contributed by atoms with Gasteiger partial charge in [-0.25, -0.2) is 0 Å². The number of carbonyl (C=O) groups excluding carboxylic acids is 2. The Balaban J connectivity index is 0.00000169. The number of carbonyl (C=O) groups is 2. The van der Waals surface area contributed by atoms with Crippen LogP contribution in [0.2, 0.25) is 0 Å². The fourth-order valence-corrected chi connectivity index (χ4v) is 1.01. The van der Waals surface area contributed by atoms with Gasteiger partial charge in [0.1, 0.15) is 0 Å². The minimum atomic E-state index is -1.69. The zero-order valence-electron chi connectivity index (χ0n) is 7.30. The van der Waals surface area contributed by atoms with Crippen LogP contribution >= 0.6 is 0 Å². The molecule has 0 fully saturated rings. The van der Waals surface area contributed by atoms with Gasteiger partial charge in [0.15, 0.2) is 0 Å². The number of hydrogen-bond acceptors (Lipinski definition) is 4. The summed E-state index contributed by atoms with van der Waals surface area (Å²) in [5.41, 5.74) is 0.155. The third kappa shape index (κ3) is 3.47. The Morgan fingerprint density at radius 2 is 1.43 bits per heavy atom. The maximum atomic E-state index is 10.4. The molecule has 0 saturated heterocycles. The average molecular weight is 315 g/mol. The van der Waals surface area contributed by atoms with Crippen molar-refractivity contribution in [2.45, 2.75) is 5.92 Å². The summed E-state index contributed by atoms with van der Waals surface area (Å²) in [6.07, 6.45) is 0. The number of rotatable bonds is 3. The van der Waals surface area contributed by atoms with Crippen molar-refractivity contribution in [3.05, 3.63) is 35.9 Å². The molecule has 1 rings (SSSR count). The second-order valence-corrected chi connectivity index (χ2v) is 2.48. The molecule has 0 bridgehead atoms. The Morgan fingerprint density at radius 3 is 1.79 bits per heavy atom. The summed E-state index contributed by atoms with van der Waals surface area (Å²) < 4.78 is 0. The van der Waals surface area contributed by atoms with Gasteiger partial charge < -0.3 is 19.8 Å². The van der Waals surface area contributed by atoms with E-state index in [0.29, 0.717) is 0 Å². The molecular formula is C9H6BaO4. The zero-order chi connectivity index (χ0) is 9.84. The first-order chi connectivity index (χ1) is 6.13. The Hall–Kier alpha value is -0.269. The van der Waals surface area contributed by atoms with Crippen molar-refractivity contribution in [3.63, 3.8) is 0 Å². The van der Waals surface area contributed by atoms with Crippen molar-refractivity contribution < 1.29 is 19.8 Å². The van der Waals surface area contributed by atoms with Crippen LogP contribution in [0.3, 0.4) is 0 Å². The predicted molar refractivity (Wildman–Crippen MR) is 45.0 cm³/mol. The van der Waals surface area contributed by atoms with Gasteiger partial charge in [0.25, 0.3) is 0 Å². The van der Waals surface area contributed by atoms with Gasteiger partial charge in [0, 0.05) is 0 Å². The molecule has 0 atom stereocenters. The van der Waals surface area contributed by atoms with Gasteiger partial charge in [-0.05, 0) is 5.56 Å². The molecule has 14 heavy (non-hydrogen) atoms. The van der Waals surface area contributed by atoms with Crippen LogP contribution in [0, 0.1) is 0 Å². The fourth-order valence-electron chi connectivity index (χ4n) is 1.01. The van der Waals surface area contributed by atoms with E-state index in [-0.39, 0.29) is 54.4 Å². The van der Waals surface area contributed by atoms with Crippen LogP contribution in [0.1, 0.15) is 11.5 Å². The maximum absolute atomic E-state index is 10.4. The molecule has 0 aliphatic carbocycles. The molecule has 0 amide bonds. The molecule has 0 spiro atoms. The van der Waals surface area contributed by atoms with E-state index >= 15 is 0 Å². The largest absolute Gasteiger partial charge is 2.00 e. The molecule has 0 unspecified atom stereocenters. The molecule has 0 aromatic heterocycles. The van der Waals surface area contributed by atoms with Gasteiger partial charge in [0.2, 0.25) is 0 Å². The van der Waals surface area contributed by atoms with Crippen LogP contribution in [0.15, 0.2) is 30.3 Å². The van der Waals surface area contributed by atoms with Gasteiger partial charge in [0.05, 0.1) is 17.9 Å². The van der Waals surface area contributed by atoms with Crippen molar-refractivity contribution in [1.29, 1.82) is 0 Å². The summed E-state index contributed by atoms with van der Waals surface area (Å²) in [4.78, 5) is 20.8. The van der Waals surface area contributed by atoms with Crippen LogP contribution in [-0.4, -0.2) is 60.8 Å². The fraction of sp³-hybridized carbons (Fsp3) is 0.111. The van der Waals surface area contributed by atoms with Crippen LogP contribution < -0.4 is 10.2 Å². The molecule has 0 radical (unpaired) electrons. The standard InChI is InChI=1S/C9H8O4.Ba/c10-8(11)7(9(12)13)6-4-2-1-3-5-6;/h1-5,7H,(H,10,11)(H,12,13);/q;+2/p-2. The molecular weight excluding hydrogens is 309 g/mol. The van der Waals surface area contributed by atoms with E-state index in [0.717, 1.165) is 0 Å². The first-order valence-electron chi connectivity index (χ1n) is 3.59. The summed E-state index contributed by atoms with van der Waals surface area (Å²) >= 11 is 0. The molecule has 4 nitrogen and oxygen atoms in total. The van der Waals surface area contributed by atoms with E-state index in [2.05, 4.69) is 0 Å². The Kier molecular flexibility index (Phi) is 6.14. The minimum absolute atomic E-state index is 0. The topological polar surface area (TPSA) is 80.3 Å². The van der Waals surface area contributed by atoms with Gasteiger partial charge in [-0.2, -0.15) is 0 Å². The number of carboxylic acids is 2. The molecule has 1 aromatic carbocycles. The quantitative estimate of drug-likeness (QED) is 0.472. The van der Waals surface area contributed by atoms with Gasteiger partial charge in [-0.3, -0.25) is 0 Å². The summed E-state index contributed by atoms with van der Waals surface area (Å²) in [7, 11) is 0. The second-order valence-electron chi connectivity index (χ2n) is 2.48. The van der Waals surface area contributed by atoms with Gasteiger partial charge >= 0.3 is 48.9 Å². The number of aliphatic carboxylic acids is 2. The monoisotopic (exact) mass is 316 g/mol. The first kappa shape index (κ1) is 13.7. The van der Waals surface area contributed by atoms with E-state index in [1.807, 2.05) is 0 Å². The van der Waals surface area contributed by atoms with Gasteiger partial charge in [-0.15, -0.1) is 0 Å². The third-order valence-electron chi connectivity index (χ3n) is 1.60. The van der Waals surface area contributed by atoms with Gasteiger partial charge in [-0.1, -0.05) is 30.3 Å². The molecule has 5 heteroatoms. The summed E-state index contributed by atoms with van der Waals surface area (Å²) in [5, 5.41) is 20.8. The van der Waals surface area contributed by atoms with E-state index < -0.39 is 17.9 Å². The second kappa shape index (κ2) is 6.26. The summed E-state index contributed by atoms with van der Waals surface area (Å²) in [6, 6.07) is 7.56. The van der Waals surface area contributed by atoms with Crippen molar-refractivity contribution in [2.24, 2.45) is 0 Å². The molecule has 68 valence electrons. The van der Waals surface area contributed by atoms with Crippen LogP contribution in [0.4, 0.5) is 0 Å². The van der Waals surface area contributed by atoms with Crippen molar-refractivity contribution in [2.75, 3.05) is 0 Å². The van der Waals surface area contributed by atoms with E-state index in [1.165, 1.54) is 12.1 Å². The summed E-state index contributed by atoms with van der Waals surface area (Å²) in [6.45, 7) is 0. The minimum Gasteiger partial charge on any atom is -0.549 e. The van der Waals surface area contributed by atoms with Crippen molar-refractivity contribution >= 4 is 60.8 Å². The molecule has 0 saturated carbocycles. The summed E-state index contributed by atoms with van der Waals surface area (Å²) in [5.74, 6) is -5.02. The number of benzene rings is 1. The van der Waals surface area contributed by atoms with E-state index in [9.17, 15) is 19.8 Å². The number of hydrogen-bond donors (Lipinski definition) is 0. The predicted octanol–water partition coefficient (Wildman–Crippen LogP) is -2.11. The van der Waals surface area contributed by atoms with Crippen molar-refractivity contribution in [1.82, 2.24) is 0 Å². The number of carboxylic acid groups (broad SMARTS) is 2. The smallest absolute Gasteiger partial charge is 0.549 e. The maximum Gasteiger partial charge on any atom is 2.00 e. The molecule has 1 aromatic rings. The molecule has 0 aliphatic heterocycles. The van der Waals surface area contributed by atoms with Crippen LogP contribution in [0.5, 0.6) is 0 Å². The average Bonchev–Trinajstić information content (AvgIpc) is 2.04. The molecule has 0 heterocycles. The van der Waals surface area contributed by atoms with Crippen molar-refractivity contribution in [3.8, 4) is 0 Å². The normalized spacial score (nSPS) is 9.21. The van der Waals surface area contributed by atoms with Crippen LogP contribution in [0.25, 0.3) is 0 Å². The Labute approximate surface area is 121 Å². The third-order valence-corrected chi connectivity index (χ3v) is 1.60. The first-order valence-corrected chi connectivity index (χ1v) is 3.59. The van der Waals surface area contributed by atoms with E-state index in [1.54, 1.807) is 18.2 Å². The molecule has 0 aliphatic rings. The Bertz CT molecular complexity index is 309.